The van der Waals surface area contributed by atoms with E-state index in [1.807, 2.05) is 38.1 Å². The molecule has 1 amide bonds. The van der Waals surface area contributed by atoms with Gasteiger partial charge >= 0.3 is 0 Å². The Bertz CT molecular complexity index is 614. The third-order valence-electron chi connectivity index (χ3n) is 5.78. The van der Waals surface area contributed by atoms with Gasteiger partial charge in [-0.15, -0.1) is 0 Å². The fourth-order valence-corrected chi connectivity index (χ4v) is 3.97. The second-order valence-electron chi connectivity index (χ2n) is 8.19. The van der Waals surface area contributed by atoms with Gasteiger partial charge in [0.25, 0.3) is 5.91 Å². The number of rotatable bonds is 9. The quantitative estimate of drug-likeness (QED) is 0.711. The number of hydrogen-bond acceptors (Lipinski definition) is 4. The maximum atomic E-state index is 12.7. The van der Waals surface area contributed by atoms with Crippen LogP contribution in [0.25, 0.3) is 0 Å². The van der Waals surface area contributed by atoms with Gasteiger partial charge in [-0.25, -0.2) is 0 Å². The van der Waals surface area contributed by atoms with E-state index in [2.05, 4.69) is 17.1 Å². The topological polar surface area (TPSA) is 50.8 Å². The monoisotopic (exact) mass is 374 g/mol. The molecule has 5 nitrogen and oxygen atoms in total. The number of nitrogens with one attached hydrogen (secondary N) is 1. The van der Waals surface area contributed by atoms with Crippen molar-refractivity contribution in [2.24, 2.45) is 11.8 Å². The summed E-state index contributed by atoms with van der Waals surface area (Å²) in [6.07, 6.45) is 4.75. The number of nitrogens with zero attached hydrogens (tertiary/aromatic N) is 1. The summed E-state index contributed by atoms with van der Waals surface area (Å²) >= 11 is 0. The van der Waals surface area contributed by atoms with Crippen molar-refractivity contribution in [2.75, 3.05) is 38.2 Å². The molecule has 0 spiro atoms. The number of benzene rings is 1. The van der Waals surface area contributed by atoms with Crippen molar-refractivity contribution in [3.8, 4) is 5.75 Å². The average molecular weight is 375 g/mol. The molecule has 1 aliphatic heterocycles. The zero-order valence-corrected chi connectivity index (χ0v) is 17.0. The Morgan fingerprint density at radius 1 is 1.26 bits per heavy atom. The molecule has 27 heavy (non-hydrogen) atoms. The Morgan fingerprint density at radius 3 is 2.63 bits per heavy atom. The molecule has 0 unspecified atom stereocenters. The minimum Gasteiger partial charge on any atom is -0.492 e. The van der Waals surface area contributed by atoms with Gasteiger partial charge in [0.05, 0.1) is 0 Å². The molecule has 1 saturated heterocycles. The van der Waals surface area contributed by atoms with Gasteiger partial charge in [-0.05, 0) is 82.2 Å². The highest BCUT2D eigenvalue weighted by Gasteiger charge is 2.48. The lowest BCUT2D eigenvalue weighted by atomic mass is 9.99. The standard InChI is InChI=1S/C22H34N2O3/c1-4-27-22(3,18-7-8-18)21(25)23-19-9-11-20(12-10-19)26-15-14-24-13-5-6-17(2)16-24/h9-12,17-18H,4-8,13-16H2,1-3H3,(H,23,25)/t17-,22-/m1/s1. The molecule has 1 saturated carbocycles. The Kier molecular flexibility index (Phi) is 6.77. The molecule has 0 aromatic heterocycles. The number of carbonyl (C=O) groups excluding carboxylic acids is 1. The van der Waals surface area contributed by atoms with E-state index < -0.39 is 5.60 Å². The number of likely N-dealkylation sites (tertiary alicyclic amines) is 1. The molecule has 3 rings (SSSR count). The van der Waals surface area contributed by atoms with Crippen molar-refractivity contribution >= 4 is 11.6 Å². The first-order valence-electron chi connectivity index (χ1n) is 10.4. The lowest BCUT2D eigenvalue weighted by Crippen LogP contribution is -2.44. The van der Waals surface area contributed by atoms with Gasteiger partial charge in [0, 0.05) is 25.4 Å². The summed E-state index contributed by atoms with van der Waals surface area (Å²) in [5, 5.41) is 3.00. The SMILES string of the molecule is CCO[C@@](C)(C(=O)Nc1ccc(OCCN2CCC[C@@H](C)C2)cc1)C1CC1. The summed E-state index contributed by atoms with van der Waals surface area (Å²) < 4.78 is 11.7. The lowest BCUT2D eigenvalue weighted by molar-refractivity contribution is -0.141. The summed E-state index contributed by atoms with van der Waals surface area (Å²) in [6.45, 7) is 10.7. The van der Waals surface area contributed by atoms with Gasteiger partial charge in [0.1, 0.15) is 18.0 Å². The molecule has 5 heteroatoms. The predicted molar refractivity (Wildman–Crippen MR) is 108 cm³/mol. The number of ether oxygens (including phenoxy) is 2. The molecule has 1 heterocycles. The average Bonchev–Trinajstić information content (AvgIpc) is 3.49. The van der Waals surface area contributed by atoms with Crippen LogP contribution in [0.2, 0.25) is 0 Å². The van der Waals surface area contributed by atoms with Crippen LogP contribution in [-0.2, 0) is 9.53 Å². The van der Waals surface area contributed by atoms with Crippen LogP contribution < -0.4 is 10.1 Å². The highest BCUT2D eigenvalue weighted by molar-refractivity contribution is 5.97. The molecule has 0 bridgehead atoms. The van der Waals surface area contributed by atoms with E-state index in [1.54, 1.807) is 0 Å². The number of anilines is 1. The van der Waals surface area contributed by atoms with Crippen LogP contribution >= 0.6 is 0 Å². The Balaban J connectivity index is 1.46. The maximum Gasteiger partial charge on any atom is 0.256 e. The summed E-state index contributed by atoms with van der Waals surface area (Å²) in [4.78, 5) is 15.2. The molecule has 1 N–H and O–H groups in total. The van der Waals surface area contributed by atoms with Gasteiger partial charge < -0.3 is 14.8 Å². The molecule has 2 fully saturated rings. The third kappa shape index (κ3) is 5.45. The van der Waals surface area contributed by atoms with E-state index in [1.165, 1.54) is 25.9 Å². The van der Waals surface area contributed by atoms with Crippen LogP contribution in [0.1, 0.15) is 46.5 Å². The maximum absolute atomic E-state index is 12.7. The number of amides is 1. The fraction of sp³-hybridized carbons (Fsp3) is 0.682. The molecule has 0 radical (unpaired) electrons. The van der Waals surface area contributed by atoms with Crippen molar-refractivity contribution in [1.29, 1.82) is 0 Å². The molecular formula is C22H34N2O3. The molecule has 2 aliphatic rings. The zero-order chi connectivity index (χ0) is 19.3. The van der Waals surface area contributed by atoms with Crippen LogP contribution in [0.15, 0.2) is 24.3 Å². The molecular weight excluding hydrogens is 340 g/mol. The normalized spacial score (nSPS) is 22.9. The van der Waals surface area contributed by atoms with E-state index in [0.29, 0.717) is 19.1 Å². The molecule has 150 valence electrons. The minimum atomic E-state index is -0.727. The van der Waals surface area contributed by atoms with E-state index in [0.717, 1.165) is 36.7 Å². The van der Waals surface area contributed by atoms with Crippen molar-refractivity contribution in [3.63, 3.8) is 0 Å². The number of hydrogen-bond donors (Lipinski definition) is 1. The largest absolute Gasteiger partial charge is 0.492 e. The first-order valence-corrected chi connectivity index (χ1v) is 10.4. The summed E-state index contributed by atoms with van der Waals surface area (Å²) in [6, 6.07) is 7.64. The third-order valence-corrected chi connectivity index (χ3v) is 5.78. The van der Waals surface area contributed by atoms with Gasteiger partial charge in [-0.1, -0.05) is 6.92 Å². The van der Waals surface area contributed by atoms with Gasteiger partial charge in [0.15, 0.2) is 0 Å². The summed E-state index contributed by atoms with van der Waals surface area (Å²) in [7, 11) is 0. The predicted octanol–water partition coefficient (Wildman–Crippen LogP) is 3.94. The zero-order valence-electron chi connectivity index (χ0n) is 17.0. The summed E-state index contributed by atoms with van der Waals surface area (Å²) in [5.74, 6) is 1.91. The summed E-state index contributed by atoms with van der Waals surface area (Å²) in [5.41, 5.74) is 0.0546. The highest BCUT2D eigenvalue weighted by atomic mass is 16.5. The van der Waals surface area contributed by atoms with E-state index in [9.17, 15) is 4.79 Å². The van der Waals surface area contributed by atoms with Gasteiger partial charge in [0.2, 0.25) is 0 Å². The highest BCUT2D eigenvalue weighted by Crippen LogP contribution is 2.42. The van der Waals surface area contributed by atoms with E-state index in [-0.39, 0.29) is 5.91 Å². The molecule has 1 aromatic carbocycles. The van der Waals surface area contributed by atoms with Crippen molar-refractivity contribution in [2.45, 2.75) is 52.1 Å². The minimum absolute atomic E-state index is 0.0558. The van der Waals surface area contributed by atoms with Crippen LogP contribution in [-0.4, -0.2) is 49.3 Å². The van der Waals surface area contributed by atoms with Gasteiger partial charge in [-0.3, -0.25) is 9.69 Å². The smallest absolute Gasteiger partial charge is 0.256 e. The van der Waals surface area contributed by atoms with Crippen molar-refractivity contribution in [3.05, 3.63) is 24.3 Å². The second-order valence-corrected chi connectivity index (χ2v) is 8.19. The Morgan fingerprint density at radius 2 is 2.00 bits per heavy atom. The first-order chi connectivity index (χ1) is 13.0. The number of carbonyl (C=O) groups is 1. The van der Waals surface area contributed by atoms with Crippen molar-refractivity contribution < 1.29 is 14.3 Å². The molecule has 1 aliphatic carbocycles. The first kappa shape index (κ1) is 20.2. The van der Waals surface area contributed by atoms with Crippen molar-refractivity contribution in [1.82, 2.24) is 4.90 Å². The lowest BCUT2D eigenvalue weighted by Gasteiger charge is -2.30. The van der Waals surface area contributed by atoms with Crippen LogP contribution in [0, 0.1) is 11.8 Å². The Hall–Kier alpha value is -1.59. The molecule has 2 atom stereocenters. The number of piperidine rings is 1. The van der Waals surface area contributed by atoms with Crippen LogP contribution in [0.4, 0.5) is 5.69 Å². The molecule has 1 aromatic rings. The van der Waals surface area contributed by atoms with Gasteiger partial charge in [-0.2, -0.15) is 0 Å². The van der Waals surface area contributed by atoms with E-state index in [4.69, 9.17) is 9.47 Å². The fourth-order valence-electron chi connectivity index (χ4n) is 3.97. The van der Waals surface area contributed by atoms with Crippen LogP contribution in [0.5, 0.6) is 5.75 Å². The van der Waals surface area contributed by atoms with E-state index >= 15 is 0 Å². The Labute approximate surface area is 163 Å². The van der Waals surface area contributed by atoms with Crippen LogP contribution in [0.3, 0.4) is 0 Å². The second kappa shape index (κ2) is 9.07.